The van der Waals surface area contributed by atoms with E-state index in [9.17, 15) is 14.7 Å². The molecule has 3 N–H and O–H groups in total. The molecule has 17 heavy (non-hydrogen) atoms. The van der Waals surface area contributed by atoms with Crippen molar-refractivity contribution in [3.63, 3.8) is 0 Å². The summed E-state index contributed by atoms with van der Waals surface area (Å²) in [5.41, 5.74) is -1.54. The summed E-state index contributed by atoms with van der Waals surface area (Å²) >= 11 is 2.11. The maximum atomic E-state index is 11.6. The largest absolute Gasteiger partial charge is 0.479 e. The molecule has 0 radical (unpaired) electrons. The van der Waals surface area contributed by atoms with E-state index in [0.29, 0.717) is 5.56 Å². The molecule has 0 bridgehead atoms. The van der Waals surface area contributed by atoms with Gasteiger partial charge < -0.3 is 15.5 Å². The summed E-state index contributed by atoms with van der Waals surface area (Å²) in [5.74, 6) is -1.79. The number of rotatable bonds is 4. The van der Waals surface area contributed by atoms with E-state index in [0.717, 1.165) is 10.5 Å². The normalized spacial score (nSPS) is 13.8. The molecule has 1 aromatic rings. The zero-order chi connectivity index (χ0) is 13.1. The summed E-state index contributed by atoms with van der Waals surface area (Å²) in [6.45, 7) is 0.788. The van der Waals surface area contributed by atoms with Crippen LogP contribution in [0, 0.1) is 3.57 Å². The van der Waals surface area contributed by atoms with Crippen molar-refractivity contribution >= 4 is 34.5 Å². The summed E-state index contributed by atoms with van der Waals surface area (Å²) in [6, 6.07) is 6.80. The van der Waals surface area contributed by atoms with Crippen molar-refractivity contribution in [2.75, 3.05) is 6.54 Å². The number of halogens is 1. The number of carboxylic acids is 1. The Kier molecular flexibility index (Phi) is 4.47. The smallest absolute Gasteiger partial charge is 0.337 e. The highest BCUT2D eigenvalue weighted by atomic mass is 127. The van der Waals surface area contributed by atoms with Crippen LogP contribution in [0.25, 0.3) is 0 Å². The minimum Gasteiger partial charge on any atom is -0.479 e. The second-order valence-electron chi connectivity index (χ2n) is 3.77. The Bertz CT molecular complexity index is 428. The van der Waals surface area contributed by atoms with Gasteiger partial charge in [0.2, 0.25) is 0 Å². The Labute approximate surface area is 112 Å². The Morgan fingerprint density at radius 1 is 1.35 bits per heavy atom. The van der Waals surface area contributed by atoms with Crippen molar-refractivity contribution in [3.05, 3.63) is 33.4 Å². The third-order valence-electron chi connectivity index (χ3n) is 2.16. The topological polar surface area (TPSA) is 86.6 Å². The predicted molar refractivity (Wildman–Crippen MR) is 69.8 cm³/mol. The van der Waals surface area contributed by atoms with Crippen molar-refractivity contribution in [1.82, 2.24) is 5.32 Å². The fraction of sp³-hybridized carbons (Fsp3) is 0.273. The first-order valence-corrected chi connectivity index (χ1v) is 5.90. The van der Waals surface area contributed by atoms with Crippen molar-refractivity contribution in [2.45, 2.75) is 12.5 Å². The van der Waals surface area contributed by atoms with Crippen molar-refractivity contribution in [2.24, 2.45) is 0 Å². The van der Waals surface area contributed by atoms with Gasteiger partial charge in [0.05, 0.1) is 6.54 Å². The van der Waals surface area contributed by atoms with E-state index in [-0.39, 0.29) is 6.54 Å². The number of amides is 1. The average molecular weight is 349 g/mol. The van der Waals surface area contributed by atoms with E-state index in [2.05, 4.69) is 27.9 Å². The number of hydrogen-bond acceptors (Lipinski definition) is 3. The molecule has 0 aliphatic rings. The molecule has 0 aromatic heterocycles. The number of carboxylic acid groups (broad SMARTS) is 1. The van der Waals surface area contributed by atoms with E-state index >= 15 is 0 Å². The first kappa shape index (κ1) is 13.9. The predicted octanol–water partition coefficient (Wildman–Crippen LogP) is 0.857. The number of hydrogen-bond donors (Lipinski definition) is 3. The molecule has 5 nitrogen and oxygen atoms in total. The van der Waals surface area contributed by atoms with Gasteiger partial charge in [0, 0.05) is 9.13 Å². The lowest BCUT2D eigenvalue weighted by Crippen LogP contribution is -2.46. The Hall–Kier alpha value is -1.15. The highest BCUT2D eigenvalue weighted by molar-refractivity contribution is 14.1. The molecular formula is C11H12INO4. The molecule has 1 aromatic carbocycles. The molecule has 1 amide bonds. The first-order valence-electron chi connectivity index (χ1n) is 4.82. The third-order valence-corrected chi connectivity index (χ3v) is 2.88. The van der Waals surface area contributed by atoms with E-state index in [1.165, 1.54) is 0 Å². The van der Waals surface area contributed by atoms with Crippen LogP contribution < -0.4 is 5.32 Å². The zero-order valence-corrected chi connectivity index (χ0v) is 11.3. The summed E-state index contributed by atoms with van der Waals surface area (Å²) < 4.78 is 0.997. The quantitative estimate of drug-likeness (QED) is 0.704. The molecular weight excluding hydrogens is 337 g/mol. The van der Waals surface area contributed by atoms with Crippen molar-refractivity contribution < 1.29 is 19.8 Å². The van der Waals surface area contributed by atoms with Crippen LogP contribution in [0.4, 0.5) is 0 Å². The standard InChI is InChI=1S/C11H12INO4/c1-11(17,10(15)16)6-13-9(14)7-2-4-8(12)5-3-7/h2-5,17H,6H2,1H3,(H,13,14)(H,15,16). The lowest BCUT2D eigenvalue weighted by molar-refractivity contribution is -0.155. The summed E-state index contributed by atoms with van der Waals surface area (Å²) in [4.78, 5) is 22.2. The van der Waals surface area contributed by atoms with Gasteiger partial charge in [-0.15, -0.1) is 0 Å². The van der Waals surface area contributed by atoms with Gasteiger partial charge in [-0.3, -0.25) is 4.79 Å². The van der Waals surface area contributed by atoms with Crippen LogP contribution in [-0.2, 0) is 4.79 Å². The second-order valence-corrected chi connectivity index (χ2v) is 5.01. The molecule has 1 atom stereocenters. The summed E-state index contributed by atoms with van der Waals surface area (Å²) in [5, 5.41) is 20.4. The van der Waals surface area contributed by atoms with Crippen molar-refractivity contribution in [1.29, 1.82) is 0 Å². The first-order chi connectivity index (χ1) is 7.83. The van der Waals surface area contributed by atoms with Gasteiger partial charge in [0.25, 0.3) is 5.91 Å². The van der Waals surface area contributed by atoms with Crippen LogP contribution >= 0.6 is 22.6 Å². The minimum absolute atomic E-state index is 0.340. The van der Waals surface area contributed by atoms with E-state index < -0.39 is 17.5 Å². The van der Waals surface area contributed by atoms with E-state index in [4.69, 9.17) is 5.11 Å². The highest BCUT2D eigenvalue weighted by Gasteiger charge is 2.30. The van der Waals surface area contributed by atoms with Gasteiger partial charge >= 0.3 is 5.97 Å². The molecule has 1 unspecified atom stereocenters. The molecule has 0 aliphatic heterocycles. The van der Waals surface area contributed by atoms with Crippen LogP contribution in [-0.4, -0.2) is 34.2 Å². The van der Waals surface area contributed by atoms with Gasteiger partial charge in [-0.05, 0) is 53.8 Å². The lowest BCUT2D eigenvalue weighted by Gasteiger charge is -2.18. The van der Waals surface area contributed by atoms with Gasteiger partial charge in [-0.25, -0.2) is 4.79 Å². The molecule has 0 saturated carbocycles. The van der Waals surface area contributed by atoms with E-state index in [1.807, 2.05) is 0 Å². The maximum absolute atomic E-state index is 11.6. The maximum Gasteiger partial charge on any atom is 0.337 e. The van der Waals surface area contributed by atoms with Crippen LogP contribution in [0.5, 0.6) is 0 Å². The third kappa shape index (κ3) is 3.97. The Morgan fingerprint density at radius 3 is 2.35 bits per heavy atom. The number of aliphatic carboxylic acids is 1. The minimum atomic E-state index is -1.96. The van der Waals surface area contributed by atoms with E-state index in [1.54, 1.807) is 24.3 Å². The zero-order valence-electron chi connectivity index (χ0n) is 9.11. The SMILES string of the molecule is CC(O)(CNC(=O)c1ccc(I)cc1)C(=O)O. The fourth-order valence-corrected chi connectivity index (χ4v) is 1.39. The molecule has 0 aliphatic carbocycles. The van der Waals surface area contributed by atoms with Crippen LogP contribution in [0.3, 0.4) is 0 Å². The number of nitrogens with one attached hydrogen (secondary N) is 1. The molecule has 0 spiro atoms. The van der Waals surface area contributed by atoms with Gasteiger partial charge in [0.1, 0.15) is 0 Å². The number of carbonyl (C=O) groups is 2. The van der Waals surface area contributed by atoms with Crippen LogP contribution in [0.1, 0.15) is 17.3 Å². The molecule has 0 saturated heterocycles. The highest BCUT2D eigenvalue weighted by Crippen LogP contribution is 2.07. The summed E-state index contributed by atoms with van der Waals surface area (Å²) in [6.07, 6.45) is 0. The average Bonchev–Trinajstić information content (AvgIpc) is 2.27. The molecule has 1 rings (SSSR count). The van der Waals surface area contributed by atoms with Crippen LogP contribution in [0.15, 0.2) is 24.3 Å². The van der Waals surface area contributed by atoms with Gasteiger partial charge in [0.15, 0.2) is 5.60 Å². The molecule has 0 fully saturated rings. The van der Waals surface area contributed by atoms with Crippen molar-refractivity contribution in [3.8, 4) is 0 Å². The number of carbonyl (C=O) groups excluding carboxylic acids is 1. The Morgan fingerprint density at radius 2 is 1.88 bits per heavy atom. The fourth-order valence-electron chi connectivity index (χ4n) is 1.03. The molecule has 0 heterocycles. The monoisotopic (exact) mass is 349 g/mol. The second kappa shape index (κ2) is 5.46. The van der Waals surface area contributed by atoms with Gasteiger partial charge in [-0.1, -0.05) is 0 Å². The summed E-state index contributed by atoms with van der Waals surface area (Å²) in [7, 11) is 0. The Balaban J connectivity index is 2.62. The molecule has 92 valence electrons. The lowest BCUT2D eigenvalue weighted by atomic mass is 10.1. The number of aliphatic hydroxyl groups is 1. The molecule has 6 heteroatoms. The van der Waals surface area contributed by atoms with Crippen LogP contribution in [0.2, 0.25) is 0 Å². The van der Waals surface area contributed by atoms with Gasteiger partial charge in [-0.2, -0.15) is 0 Å². The number of benzene rings is 1.